The third kappa shape index (κ3) is 18.0. The normalized spacial score (nSPS) is 12.3. The Hall–Kier alpha value is -0.490. The fourth-order valence-corrected chi connectivity index (χ4v) is 4.28. The summed E-state index contributed by atoms with van der Waals surface area (Å²) >= 11 is 3.40. The van der Waals surface area contributed by atoms with E-state index in [1.54, 1.807) is 12.4 Å². The molecule has 1 aromatic heterocycles. The van der Waals surface area contributed by atoms with Gasteiger partial charge in [0.15, 0.2) is 0 Å². The van der Waals surface area contributed by atoms with Crippen LogP contribution < -0.4 is 0 Å². The van der Waals surface area contributed by atoms with Gasteiger partial charge in [-0.3, -0.25) is 4.98 Å². The Kier molecular flexibility index (Phi) is 20.6. The maximum atomic E-state index is 9.47. The number of hydrogen-bond donors (Lipinski definition) is 1. The molecule has 5 heteroatoms. The molecule has 186 valence electrons. The number of rotatable bonds is 23. The van der Waals surface area contributed by atoms with E-state index in [4.69, 9.17) is 9.47 Å². The van der Waals surface area contributed by atoms with Gasteiger partial charge in [0.25, 0.3) is 0 Å². The molecule has 1 aromatic rings. The van der Waals surface area contributed by atoms with Crippen molar-refractivity contribution in [2.45, 2.75) is 122 Å². The Bertz CT molecular complexity index is 529. The summed E-state index contributed by atoms with van der Waals surface area (Å²) in [6.07, 6.45) is 25.2. The van der Waals surface area contributed by atoms with Gasteiger partial charge in [-0.2, -0.15) is 0 Å². The largest absolute Gasteiger partial charge is 0.394 e. The molecular weight excluding hydrogens is 466 g/mol. The van der Waals surface area contributed by atoms with Crippen LogP contribution in [0.2, 0.25) is 0 Å². The number of nitrogens with zero attached hydrogens (tertiary/aromatic N) is 1. The van der Waals surface area contributed by atoms with E-state index in [-0.39, 0.29) is 12.7 Å². The molecule has 1 atom stereocenters. The van der Waals surface area contributed by atoms with Gasteiger partial charge in [-0.05, 0) is 34.0 Å². The van der Waals surface area contributed by atoms with Crippen LogP contribution in [0.25, 0.3) is 0 Å². The Morgan fingerprint density at radius 2 is 1.34 bits per heavy atom. The van der Waals surface area contributed by atoms with Crippen molar-refractivity contribution in [3.05, 3.63) is 28.5 Å². The summed E-state index contributed by atoms with van der Waals surface area (Å²) in [6.45, 7) is 3.88. The second-order valence-corrected chi connectivity index (χ2v) is 9.92. The molecule has 0 aromatic carbocycles. The highest BCUT2D eigenvalue weighted by molar-refractivity contribution is 9.10. The quantitative estimate of drug-likeness (QED) is 0.150. The van der Waals surface area contributed by atoms with Gasteiger partial charge < -0.3 is 14.6 Å². The maximum absolute atomic E-state index is 9.47. The number of aliphatic hydroxyl groups is 1. The second-order valence-electron chi connectivity index (χ2n) is 9.01. The third-order valence-corrected chi connectivity index (χ3v) is 6.33. The predicted molar refractivity (Wildman–Crippen MR) is 138 cm³/mol. The molecule has 0 saturated carbocycles. The van der Waals surface area contributed by atoms with E-state index in [2.05, 4.69) is 27.8 Å². The molecule has 0 aliphatic carbocycles. The average molecular weight is 515 g/mol. The molecule has 0 saturated heterocycles. The minimum Gasteiger partial charge on any atom is -0.394 e. The van der Waals surface area contributed by atoms with Gasteiger partial charge in [0.05, 0.1) is 19.8 Å². The van der Waals surface area contributed by atoms with Crippen LogP contribution in [0.1, 0.15) is 115 Å². The summed E-state index contributed by atoms with van der Waals surface area (Å²) in [5, 5.41) is 9.47. The topological polar surface area (TPSA) is 51.6 Å². The Labute approximate surface area is 206 Å². The van der Waals surface area contributed by atoms with E-state index >= 15 is 0 Å². The Morgan fingerprint density at radius 1 is 0.812 bits per heavy atom. The first kappa shape index (κ1) is 29.5. The van der Waals surface area contributed by atoms with Gasteiger partial charge in [0, 0.05) is 23.5 Å². The number of pyridine rings is 1. The lowest BCUT2D eigenvalue weighted by Crippen LogP contribution is -2.24. The minimum absolute atomic E-state index is 0.0274. The molecule has 0 aliphatic heterocycles. The number of unbranched alkanes of at least 4 members (excludes halogenated alkanes) is 15. The number of aliphatic hydroxyl groups excluding tert-OH is 1. The lowest BCUT2D eigenvalue weighted by molar-refractivity contribution is -0.0503. The Balaban J connectivity index is 1.81. The van der Waals surface area contributed by atoms with E-state index in [1.807, 2.05) is 6.07 Å². The standard InChI is InChI=1S/C27H48BrNO3/c1-2-3-4-5-6-7-8-9-10-11-12-13-14-15-16-17-18-31-24-27(22-30)32-23-25-19-26(28)21-29-20-25/h19-21,27,30H,2-18,22-24H2,1H3/t27-/m0/s1. The summed E-state index contributed by atoms with van der Waals surface area (Å²) in [5.74, 6) is 0. The van der Waals surface area contributed by atoms with Crippen LogP contribution >= 0.6 is 15.9 Å². The molecule has 0 unspecified atom stereocenters. The highest BCUT2D eigenvalue weighted by Crippen LogP contribution is 2.14. The van der Waals surface area contributed by atoms with Crippen molar-refractivity contribution in [2.75, 3.05) is 19.8 Å². The van der Waals surface area contributed by atoms with Crippen molar-refractivity contribution < 1.29 is 14.6 Å². The summed E-state index contributed by atoms with van der Waals surface area (Å²) in [5.41, 5.74) is 0.982. The molecule has 0 spiro atoms. The zero-order valence-corrected chi connectivity index (χ0v) is 22.1. The monoisotopic (exact) mass is 513 g/mol. The Morgan fingerprint density at radius 3 is 1.84 bits per heavy atom. The van der Waals surface area contributed by atoms with Crippen LogP contribution in [0.5, 0.6) is 0 Å². The fraction of sp³-hybridized carbons (Fsp3) is 0.815. The zero-order valence-electron chi connectivity index (χ0n) is 20.5. The smallest absolute Gasteiger partial charge is 0.104 e. The predicted octanol–water partition coefficient (Wildman–Crippen LogP) is 8.00. The van der Waals surface area contributed by atoms with Crippen molar-refractivity contribution >= 4 is 15.9 Å². The van der Waals surface area contributed by atoms with Crippen molar-refractivity contribution in [1.29, 1.82) is 0 Å². The first-order chi connectivity index (χ1) is 15.8. The van der Waals surface area contributed by atoms with Gasteiger partial charge in [0.2, 0.25) is 0 Å². The van der Waals surface area contributed by atoms with Gasteiger partial charge in [-0.15, -0.1) is 0 Å². The van der Waals surface area contributed by atoms with Gasteiger partial charge in [-0.25, -0.2) is 0 Å². The highest BCUT2D eigenvalue weighted by Gasteiger charge is 2.08. The highest BCUT2D eigenvalue weighted by atomic mass is 79.9. The SMILES string of the molecule is CCCCCCCCCCCCCCCCCCOC[C@H](CO)OCc1cncc(Br)c1. The molecule has 0 bridgehead atoms. The second kappa shape index (κ2) is 22.3. The molecular formula is C27H48BrNO3. The zero-order chi connectivity index (χ0) is 23.1. The van der Waals surface area contributed by atoms with Crippen molar-refractivity contribution in [2.24, 2.45) is 0 Å². The van der Waals surface area contributed by atoms with Gasteiger partial charge in [-0.1, -0.05) is 103 Å². The molecule has 1 N–H and O–H groups in total. The first-order valence-electron chi connectivity index (χ1n) is 13.2. The van der Waals surface area contributed by atoms with E-state index < -0.39 is 0 Å². The molecule has 0 radical (unpaired) electrons. The summed E-state index contributed by atoms with van der Waals surface area (Å²) < 4.78 is 12.4. The summed E-state index contributed by atoms with van der Waals surface area (Å²) in [7, 11) is 0. The number of halogens is 1. The van der Waals surface area contributed by atoms with Gasteiger partial charge >= 0.3 is 0 Å². The molecule has 1 rings (SSSR count). The lowest BCUT2D eigenvalue weighted by Gasteiger charge is -2.15. The van der Waals surface area contributed by atoms with E-state index in [1.165, 1.54) is 96.3 Å². The van der Waals surface area contributed by atoms with Crippen molar-refractivity contribution in [3.8, 4) is 0 Å². The van der Waals surface area contributed by atoms with Crippen LogP contribution in [0.15, 0.2) is 22.9 Å². The lowest BCUT2D eigenvalue weighted by atomic mass is 10.0. The molecule has 4 nitrogen and oxygen atoms in total. The summed E-state index contributed by atoms with van der Waals surface area (Å²) in [6, 6.07) is 1.97. The van der Waals surface area contributed by atoms with Crippen LogP contribution in [-0.2, 0) is 16.1 Å². The van der Waals surface area contributed by atoms with Crippen LogP contribution in [0, 0.1) is 0 Å². The molecule has 0 amide bonds. The van der Waals surface area contributed by atoms with Crippen molar-refractivity contribution in [3.63, 3.8) is 0 Å². The van der Waals surface area contributed by atoms with E-state index in [9.17, 15) is 5.11 Å². The molecule has 0 aliphatic rings. The minimum atomic E-state index is -0.282. The summed E-state index contributed by atoms with van der Waals surface area (Å²) in [4.78, 5) is 4.12. The van der Waals surface area contributed by atoms with Crippen molar-refractivity contribution in [1.82, 2.24) is 4.98 Å². The van der Waals surface area contributed by atoms with E-state index in [0.29, 0.717) is 13.2 Å². The maximum Gasteiger partial charge on any atom is 0.104 e. The number of hydrogen-bond acceptors (Lipinski definition) is 4. The molecule has 0 fully saturated rings. The average Bonchev–Trinajstić information content (AvgIpc) is 2.80. The third-order valence-electron chi connectivity index (χ3n) is 5.90. The van der Waals surface area contributed by atoms with Crippen LogP contribution in [-0.4, -0.2) is 36.0 Å². The molecule has 1 heterocycles. The molecule has 32 heavy (non-hydrogen) atoms. The van der Waals surface area contributed by atoms with E-state index in [0.717, 1.165) is 23.1 Å². The van der Waals surface area contributed by atoms with Crippen LogP contribution in [0.4, 0.5) is 0 Å². The number of aromatic nitrogens is 1. The van der Waals surface area contributed by atoms with Crippen LogP contribution in [0.3, 0.4) is 0 Å². The fourth-order valence-electron chi connectivity index (χ4n) is 3.87. The number of ether oxygens (including phenoxy) is 2. The van der Waals surface area contributed by atoms with Gasteiger partial charge in [0.1, 0.15) is 6.10 Å². The first-order valence-corrected chi connectivity index (χ1v) is 13.9.